The van der Waals surface area contributed by atoms with Crippen molar-refractivity contribution in [3.63, 3.8) is 0 Å². The van der Waals surface area contributed by atoms with E-state index >= 15 is 0 Å². The summed E-state index contributed by atoms with van der Waals surface area (Å²) in [6.45, 7) is 5.72. The van der Waals surface area contributed by atoms with E-state index in [0.29, 0.717) is 13.1 Å². The van der Waals surface area contributed by atoms with Crippen molar-refractivity contribution in [2.75, 3.05) is 32.8 Å². The molecule has 4 rings (SSSR count). The lowest BCUT2D eigenvalue weighted by atomic mass is 10.0. The Hall–Kier alpha value is -2.93. The first-order valence-electron chi connectivity index (χ1n) is 11.0. The highest BCUT2D eigenvalue weighted by molar-refractivity contribution is 5.76. The molecule has 1 atom stereocenters. The van der Waals surface area contributed by atoms with Gasteiger partial charge in [-0.1, -0.05) is 54.6 Å². The van der Waals surface area contributed by atoms with Crippen LogP contribution in [0.15, 0.2) is 77.4 Å². The summed E-state index contributed by atoms with van der Waals surface area (Å²) in [4.78, 5) is 14.0. The molecule has 6 nitrogen and oxygen atoms in total. The van der Waals surface area contributed by atoms with Crippen LogP contribution in [0.2, 0.25) is 0 Å². The fraction of sp³-hybridized carbons (Fsp3) is 0.320. The van der Waals surface area contributed by atoms with Crippen LogP contribution in [-0.4, -0.2) is 38.8 Å². The molecule has 2 aromatic carbocycles. The maximum absolute atomic E-state index is 12.5. The van der Waals surface area contributed by atoms with Crippen LogP contribution in [0.3, 0.4) is 0 Å². The summed E-state index contributed by atoms with van der Waals surface area (Å²) in [6, 6.07) is 22.4. The second-order valence-electron chi connectivity index (χ2n) is 7.98. The number of hydrogen-bond donors (Lipinski definition) is 3. The van der Waals surface area contributed by atoms with E-state index in [1.165, 1.54) is 5.56 Å². The summed E-state index contributed by atoms with van der Waals surface area (Å²) >= 11 is 0. The first kappa shape index (κ1) is 21.3. The summed E-state index contributed by atoms with van der Waals surface area (Å²) in [6.07, 6.45) is 1.67. The zero-order valence-electron chi connectivity index (χ0n) is 17.8. The topological polar surface area (TPSA) is 72.5 Å². The first-order chi connectivity index (χ1) is 15.3. The number of rotatable bonds is 9. The Bertz CT molecular complexity index is 920. The number of ether oxygens (including phenoxy) is 1. The Morgan fingerprint density at radius 1 is 0.968 bits per heavy atom. The number of benzene rings is 2. The van der Waals surface area contributed by atoms with Crippen LogP contribution in [0.1, 0.15) is 28.5 Å². The Labute approximate surface area is 183 Å². The smallest absolute Gasteiger partial charge is 0.275 e. The molecule has 0 radical (unpaired) electrons. The molecular formula is C25H31N3O3+2. The Morgan fingerprint density at radius 2 is 1.71 bits per heavy atom. The highest BCUT2D eigenvalue weighted by atomic mass is 16.5. The van der Waals surface area contributed by atoms with Gasteiger partial charge < -0.3 is 24.7 Å². The minimum absolute atomic E-state index is 0.00863. The summed E-state index contributed by atoms with van der Waals surface area (Å²) in [5.74, 6) is 0.853. The van der Waals surface area contributed by atoms with Gasteiger partial charge in [0.1, 0.15) is 19.6 Å². The third-order valence-corrected chi connectivity index (χ3v) is 5.71. The fourth-order valence-corrected chi connectivity index (χ4v) is 3.94. The SMILES string of the molecule is O=C(C[NH2+][C@H](c1ccccc1)c1ccco1)NCc1ccc(C[NH+]2CCOCC2)cc1. The van der Waals surface area contributed by atoms with E-state index in [-0.39, 0.29) is 11.9 Å². The fourth-order valence-electron chi connectivity index (χ4n) is 3.94. The molecule has 2 heterocycles. The average molecular weight is 422 g/mol. The van der Waals surface area contributed by atoms with Gasteiger partial charge in [-0.25, -0.2) is 0 Å². The number of hydrogen-bond acceptors (Lipinski definition) is 3. The van der Waals surface area contributed by atoms with Crippen LogP contribution in [0.4, 0.5) is 0 Å². The Kier molecular flexibility index (Phi) is 7.50. The minimum atomic E-state index is -0.0380. The van der Waals surface area contributed by atoms with Crippen molar-refractivity contribution in [2.45, 2.75) is 19.1 Å². The number of amides is 1. The molecule has 0 spiro atoms. The van der Waals surface area contributed by atoms with Gasteiger partial charge in [-0.05, 0) is 17.7 Å². The molecule has 0 aliphatic carbocycles. The van der Waals surface area contributed by atoms with E-state index in [4.69, 9.17) is 9.15 Å². The average Bonchev–Trinajstić information content (AvgIpc) is 3.35. The minimum Gasteiger partial charge on any atom is -0.463 e. The van der Waals surface area contributed by atoms with Gasteiger partial charge in [-0.2, -0.15) is 0 Å². The zero-order chi connectivity index (χ0) is 21.3. The van der Waals surface area contributed by atoms with Crippen LogP contribution >= 0.6 is 0 Å². The largest absolute Gasteiger partial charge is 0.463 e. The molecule has 1 aromatic heterocycles. The zero-order valence-corrected chi connectivity index (χ0v) is 17.8. The van der Waals surface area contributed by atoms with E-state index in [1.807, 2.05) is 35.6 Å². The predicted molar refractivity (Wildman–Crippen MR) is 117 cm³/mol. The monoisotopic (exact) mass is 421 g/mol. The first-order valence-corrected chi connectivity index (χ1v) is 11.0. The number of nitrogens with two attached hydrogens (primary N) is 1. The van der Waals surface area contributed by atoms with Gasteiger partial charge in [-0.3, -0.25) is 4.79 Å². The van der Waals surface area contributed by atoms with E-state index in [9.17, 15) is 4.79 Å². The van der Waals surface area contributed by atoms with Crippen LogP contribution in [-0.2, 0) is 22.6 Å². The highest BCUT2D eigenvalue weighted by Crippen LogP contribution is 2.18. The van der Waals surface area contributed by atoms with Crippen molar-refractivity contribution in [1.82, 2.24) is 5.32 Å². The van der Waals surface area contributed by atoms with E-state index in [0.717, 1.165) is 49.7 Å². The van der Waals surface area contributed by atoms with Crippen LogP contribution in [0.5, 0.6) is 0 Å². The number of quaternary nitrogens is 2. The third-order valence-electron chi connectivity index (χ3n) is 5.71. The molecule has 3 aromatic rings. The second-order valence-corrected chi connectivity index (χ2v) is 7.98. The molecule has 1 aliphatic heterocycles. The normalized spacial score (nSPS) is 15.5. The van der Waals surface area contributed by atoms with Crippen LogP contribution in [0.25, 0.3) is 0 Å². The summed E-state index contributed by atoms with van der Waals surface area (Å²) in [5.41, 5.74) is 3.55. The maximum Gasteiger partial charge on any atom is 0.275 e. The lowest BCUT2D eigenvalue weighted by molar-refractivity contribution is -0.921. The molecule has 4 N–H and O–H groups in total. The summed E-state index contributed by atoms with van der Waals surface area (Å²) in [5, 5.41) is 5.04. The number of nitrogens with one attached hydrogen (secondary N) is 2. The summed E-state index contributed by atoms with van der Waals surface area (Å²) < 4.78 is 11.0. The van der Waals surface area contributed by atoms with E-state index in [2.05, 4.69) is 41.7 Å². The number of morpholine rings is 1. The lowest BCUT2D eigenvalue weighted by Crippen LogP contribution is -3.12. The quantitative estimate of drug-likeness (QED) is 0.475. The van der Waals surface area contributed by atoms with E-state index in [1.54, 1.807) is 11.2 Å². The molecule has 1 saturated heterocycles. The molecule has 1 aliphatic rings. The van der Waals surface area contributed by atoms with Gasteiger partial charge in [0.2, 0.25) is 0 Å². The summed E-state index contributed by atoms with van der Waals surface area (Å²) in [7, 11) is 0. The van der Waals surface area contributed by atoms with Crippen molar-refractivity contribution in [1.29, 1.82) is 0 Å². The highest BCUT2D eigenvalue weighted by Gasteiger charge is 2.21. The molecule has 162 valence electrons. The number of carbonyl (C=O) groups excluding carboxylic acids is 1. The van der Waals surface area contributed by atoms with Crippen molar-refractivity contribution >= 4 is 5.91 Å². The van der Waals surface area contributed by atoms with Crippen molar-refractivity contribution in [2.24, 2.45) is 0 Å². The molecule has 0 unspecified atom stereocenters. The Balaban J connectivity index is 1.25. The van der Waals surface area contributed by atoms with Crippen molar-refractivity contribution in [3.05, 3.63) is 95.4 Å². The molecule has 6 heteroatoms. The Morgan fingerprint density at radius 3 is 2.42 bits per heavy atom. The number of furan rings is 1. The molecular weight excluding hydrogens is 390 g/mol. The van der Waals surface area contributed by atoms with Gasteiger partial charge in [0.05, 0.1) is 19.5 Å². The van der Waals surface area contributed by atoms with Crippen LogP contribution in [0, 0.1) is 0 Å². The van der Waals surface area contributed by atoms with Gasteiger partial charge in [-0.15, -0.1) is 0 Å². The maximum atomic E-state index is 12.5. The molecule has 1 amide bonds. The molecule has 1 fully saturated rings. The third kappa shape index (κ3) is 6.28. The van der Waals surface area contributed by atoms with Gasteiger partial charge in [0, 0.05) is 17.7 Å². The molecule has 0 bridgehead atoms. The number of carbonyl (C=O) groups is 1. The van der Waals surface area contributed by atoms with Gasteiger partial charge >= 0.3 is 0 Å². The van der Waals surface area contributed by atoms with Crippen LogP contribution < -0.4 is 15.5 Å². The van der Waals surface area contributed by atoms with Gasteiger partial charge in [0.25, 0.3) is 5.91 Å². The van der Waals surface area contributed by atoms with E-state index < -0.39 is 0 Å². The predicted octanol–water partition coefficient (Wildman–Crippen LogP) is 0.664. The molecule has 0 saturated carbocycles. The lowest BCUT2D eigenvalue weighted by Gasteiger charge is -2.23. The molecule has 31 heavy (non-hydrogen) atoms. The van der Waals surface area contributed by atoms with Crippen molar-refractivity contribution < 1.29 is 24.2 Å². The standard InChI is InChI=1S/C25H29N3O3/c29-24(18-27-25(23-7-4-14-31-23)22-5-2-1-3-6-22)26-17-20-8-10-21(11-9-20)19-28-12-15-30-16-13-28/h1-11,14,25,27H,12-13,15-19H2,(H,26,29)/p+2/t25-/m1/s1. The van der Waals surface area contributed by atoms with Gasteiger partial charge in [0.15, 0.2) is 18.3 Å². The second kappa shape index (κ2) is 10.9. The van der Waals surface area contributed by atoms with Crippen molar-refractivity contribution in [3.8, 4) is 0 Å².